The molecule has 0 saturated carbocycles. The van der Waals surface area contributed by atoms with Gasteiger partial charge in [-0.25, -0.2) is 16.8 Å². The summed E-state index contributed by atoms with van der Waals surface area (Å²) in [5.41, 5.74) is 0.706. The summed E-state index contributed by atoms with van der Waals surface area (Å²) < 4.78 is 98.5. The Morgan fingerprint density at radius 2 is 1.76 bits per heavy atom. The van der Waals surface area contributed by atoms with E-state index in [1.807, 2.05) is 0 Å². The van der Waals surface area contributed by atoms with Gasteiger partial charge in [0.2, 0.25) is 0 Å². The maximum atomic E-state index is 13.6. The highest BCUT2D eigenvalue weighted by Gasteiger charge is 2.35. The summed E-state index contributed by atoms with van der Waals surface area (Å²) in [6.07, 6.45) is -2.72. The van der Waals surface area contributed by atoms with Crippen molar-refractivity contribution in [3.8, 4) is 5.75 Å². The number of nitrogens with one attached hydrogen (secondary N) is 1. The van der Waals surface area contributed by atoms with Crippen molar-refractivity contribution in [1.29, 1.82) is 0 Å². The Hall–Kier alpha value is -3.39. The molecule has 9 nitrogen and oxygen atoms in total. The molecule has 5 rings (SSSR count). The van der Waals surface area contributed by atoms with Gasteiger partial charge in [0.25, 0.3) is 10.0 Å². The van der Waals surface area contributed by atoms with E-state index in [-0.39, 0.29) is 47.8 Å². The van der Waals surface area contributed by atoms with Crippen LogP contribution in [0.4, 0.5) is 24.7 Å². The van der Waals surface area contributed by atoms with Gasteiger partial charge in [0.15, 0.2) is 15.7 Å². The summed E-state index contributed by atoms with van der Waals surface area (Å²) in [6, 6.07) is 10.8. The molecule has 38 heavy (non-hydrogen) atoms. The highest BCUT2D eigenvalue weighted by Crippen LogP contribution is 2.44. The third-order valence-corrected chi connectivity index (χ3v) is 9.53. The summed E-state index contributed by atoms with van der Waals surface area (Å²) in [5.74, 6) is -0.336. The second-order valence-electron chi connectivity index (χ2n) is 9.01. The van der Waals surface area contributed by atoms with E-state index in [0.29, 0.717) is 29.0 Å². The van der Waals surface area contributed by atoms with Crippen molar-refractivity contribution in [2.75, 3.05) is 40.8 Å². The average Bonchev–Trinajstić information content (AvgIpc) is 2.87. The van der Waals surface area contributed by atoms with Gasteiger partial charge in [-0.3, -0.25) is 4.72 Å². The standard InChI is InChI=1S/C24H23F3N4O5S2/c25-24(26,27)16-3-5-19(21(14-16)31-9-12-37(32,33)13-10-31)18-7-11-36-22-15-17(4-6-20(18)22)38(34,35)30-23-2-1-8-28-29-23/h1-6,8,14-15,18H,7,9-13H2,(H,29,30). The molecule has 2 aliphatic heterocycles. The molecule has 202 valence electrons. The minimum absolute atomic E-state index is 0.0435. The molecular weight excluding hydrogens is 545 g/mol. The van der Waals surface area contributed by atoms with E-state index >= 15 is 0 Å². The highest BCUT2D eigenvalue weighted by molar-refractivity contribution is 7.92. The van der Waals surface area contributed by atoms with Crippen LogP contribution in [0.3, 0.4) is 0 Å². The number of nitrogens with zero attached hydrogens (tertiary/aromatic N) is 3. The van der Waals surface area contributed by atoms with Gasteiger partial charge in [-0.15, -0.1) is 5.10 Å². The molecule has 0 bridgehead atoms. The number of benzene rings is 2. The number of hydrogen-bond acceptors (Lipinski definition) is 8. The van der Waals surface area contributed by atoms with Gasteiger partial charge < -0.3 is 9.64 Å². The molecule has 0 radical (unpaired) electrons. The zero-order valence-electron chi connectivity index (χ0n) is 19.8. The predicted molar refractivity (Wildman–Crippen MR) is 134 cm³/mol. The summed E-state index contributed by atoms with van der Waals surface area (Å²) in [5, 5.41) is 7.36. The predicted octanol–water partition coefficient (Wildman–Crippen LogP) is 3.45. The first kappa shape index (κ1) is 26.2. The third-order valence-electron chi connectivity index (χ3n) is 6.56. The van der Waals surface area contributed by atoms with Gasteiger partial charge in [-0.2, -0.15) is 18.3 Å². The quantitative estimate of drug-likeness (QED) is 0.497. The Bertz CT molecular complexity index is 1550. The van der Waals surface area contributed by atoms with E-state index in [4.69, 9.17) is 4.74 Å². The summed E-state index contributed by atoms with van der Waals surface area (Å²) in [4.78, 5) is 1.60. The molecule has 3 aromatic rings. The Balaban J connectivity index is 1.52. The average molecular weight is 569 g/mol. The maximum Gasteiger partial charge on any atom is 0.416 e. The van der Waals surface area contributed by atoms with Gasteiger partial charge in [0.05, 0.1) is 28.6 Å². The van der Waals surface area contributed by atoms with Gasteiger partial charge in [-0.1, -0.05) is 12.1 Å². The molecule has 1 saturated heterocycles. The molecule has 1 unspecified atom stereocenters. The fourth-order valence-corrected chi connectivity index (χ4v) is 6.87. The van der Waals surface area contributed by atoms with Crippen molar-refractivity contribution < 1.29 is 34.7 Å². The van der Waals surface area contributed by atoms with Crippen LogP contribution in [0.5, 0.6) is 5.75 Å². The molecule has 1 fully saturated rings. The van der Waals surface area contributed by atoms with Crippen LogP contribution < -0.4 is 14.4 Å². The molecule has 2 aromatic carbocycles. The van der Waals surface area contributed by atoms with Crippen LogP contribution in [-0.4, -0.2) is 58.2 Å². The van der Waals surface area contributed by atoms with Crippen LogP contribution in [0.25, 0.3) is 0 Å². The lowest BCUT2D eigenvalue weighted by Crippen LogP contribution is -2.41. The van der Waals surface area contributed by atoms with Crippen molar-refractivity contribution in [2.45, 2.75) is 23.4 Å². The Kier molecular flexibility index (Phi) is 6.71. The number of alkyl halides is 3. The van der Waals surface area contributed by atoms with E-state index < -0.39 is 31.6 Å². The van der Waals surface area contributed by atoms with E-state index in [9.17, 15) is 30.0 Å². The number of aromatic nitrogens is 2. The SMILES string of the molecule is O=S1(=O)CCN(c2cc(C(F)(F)F)ccc2C2CCOc3cc(S(=O)(=O)Nc4cccnn4)ccc32)CC1. The molecule has 0 aliphatic carbocycles. The molecule has 0 amide bonds. The van der Waals surface area contributed by atoms with Crippen molar-refractivity contribution in [2.24, 2.45) is 0 Å². The molecular formula is C24H23F3N4O5S2. The Morgan fingerprint density at radius 1 is 1.03 bits per heavy atom. The van der Waals surface area contributed by atoms with E-state index in [0.717, 1.165) is 12.1 Å². The van der Waals surface area contributed by atoms with E-state index in [2.05, 4.69) is 14.9 Å². The minimum atomic E-state index is -4.57. The van der Waals surface area contributed by atoms with Crippen molar-refractivity contribution >= 4 is 31.4 Å². The second kappa shape index (κ2) is 9.73. The minimum Gasteiger partial charge on any atom is -0.493 e. The first-order valence-electron chi connectivity index (χ1n) is 11.7. The van der Waals surface area contributed by atoms with Crippen LogP contribution in [0.2, 0.25) is 0 Å². The fraction of sp³-hybridized carbons (Fsp3) is 0.333. The van der Waals surface area contributed by atoms with Crippen molar-refractivity contribution in [3.05, 3.63) is 71.4 Å². The number of halogens is 3. The smallest absolute Gasteiger partial charge is 0.416 e. The lowest BCUT2D eigenvalue weighted by atomic mass is 9.85. The van der Waals surface area contributed by atoms with Crippen molar-refractivity contribution in [3.63, 3.8) is 0 Å². The van der Waals surface area contributed by atoms with Crippen LogP contribution >= 0.6 is 0 Å². The molecule has 1 aromatic heterocycles. The number of sulfonamides is 1. The molecule has 1 atom stereocenters. The summed E-state index contributed by atoms with van der Waals surface area (Å²) in [7, 11) is -7.25. The molecule has 0 spiro atoms. The second-order valence-corrected chi connectivity index (χ2v) is 13.0. The molecule has 3 heterocycles. The third kappa shape index (κ3) is 5.41. The van der Waals surface area contributed by atoms with E-state index in [1.165, 1.54) is 36.5 Å². The van der Waals surface area contributed by atoms with Crippen LogP contribution in [0.15, 0.2) is 59.6 Å². The highest BCUT2D eigenvalue weighted by atomic mass is 32.2. The summed E-state index contributed by atoms with van der Waals surface area (Å²) >= 11 is 0. The number of fused-ring (bicyclic) bond motifs is 1. The number of hydrogen-bond donors (Lipinski definition) is 1. The van der Waals surface area contributed by atoms with Gasteiger partial charge in [0, 0.05) is 42.5 Å². The Morgan fingerprint density at radius 3 is 2.45 bits per heavy atom. The van der Waals surface area contributed by atoms with E-state index in [1.54, 1.807) is 11.0 Å². The lowest BCUT2D eigenvalue weighted by molar-refractivity contribution is -0.137. The number of rotatable bonds is 5. The topological polar surface area (TPSA) is 119 Å². The van der Waals surface area contributed by atoms with Crippen LogP contribution in [-0.2, 0) is 26.0 Å². The maximum absolute atomic E-state index is 13.6. The molecule has 14 heteroatoms. The number of anilines is 2. The molecule has 2 aliphatic rings. The first-order valence-corrected chi connectivity index (χ1v) is 15.0. The zero-order chi connectivity index (χ0) is 27.1. The Labute approximate surface area is 217 Å². The van der Waals surface area contributed by atoms with Crippen molar-refractivity contribution in [1.82, 2.24) is 10.2 Å². The zero-order valence-corrected chi connectivity index (χ0v) is 21.5. The first-order chi connectivity index (χ1) is 17.9. The fourth-order valence-electron chi connectivity index (χ4n) is 4.65. The van der Waals surface area contributed by atoms with Crippen LogP contribution in [0.1, 0.15) is 29.0 Å². The van der Waals surface area contributed by atoms with Gasteiger partial charge in [0.1, 0.15) is 5.75 Å². The monoisotopic (exact) mass is 568 g/mol. The normalized spacial score (nSPS) is 19.3. The largest absolute Gasteiger partial charge is 0.493 e. The van der Waals surface area contributed by atoms with Gasteiger partial charge in [-0.05, 0) is 42.3 Å². The number of sulfone groups is 1. The number of ether oxygens (including phenoxy) is 1. The summed E-state index contributed by atoms with van der Waals surface area (Å²) in [6.45, 7) is 0.378. The molecule has 1 N–H and O–H groups in total. The van der Waals surface area contributed by atoms with Crippen LogP contribution in [0, 0.1) is 0 Å². The van der Waals surface area contributed by atoms with Gasteiger partial charge >= 0.3 is 6.18 Å². The lowest BCUT2D eigenvalue weighted by Gasteiger charge is -2.34.